The molecule has 2 aromatic heterocycles. The van der Waals surface area contributed by atoms with E-state index >= 15 is 13.2 Å². The van der Waals surface area contributed by atoms with Gasteiger partial charge in [-0.3, -0.25) is 0 Å². The second-order valence-corrected chi connectivity index (χ2v) is 15.5. The fourth-order valence-electron chi connectivity index (χ4n) is 6.86. The third kappa shape index (κ3) is 3.18. The number of benzene rings is 3. The van der Waals surface area contributed by atoms with E-state index in [-0.39, 0.29) is 28.3 Å². The second-order valence-electron chi connectivity index (χ2n) is 11.7. The number of allylic oxidation sites excluding steroid dienone is 1. The van der Waals surface area contributed by atoms with Crippen molar-refractivity contribution in [3.05, 3.63) is 115 Å². The molecule has 0 spiro atoms. The Hall–Kier alpha value is -3.44. The molecule has 0 bridgehead atoms. The first kappa shape index (κ1) is 26.2. The van der Waals surface area contributed by atoms with E-state index in [2.05, 4.69) is 4.08 Å². The number of fused-ring (bicyclic) bond motifs is 6. The zero-order valence-corrected chi connectivity index (χ0v) is 25.9. The van der Waals surface area contributed by atoms with E-state index in [1.165, 1.54) is 30.4 Å². The summed E-state index contributed by atoms with van der Waals surface area (Å²) < 4.78 is 49.0. The van der Waals surface area contributed by atoms with Crippen molar-refractivity contribution in [1.29, 1.82) is 0 Å². The molecular formula is C34H22F3NO2STe. The van der Waals surface area contributed by atoms with E-state index in [0.29, 0.717) is 26.7 Å². The van der Waals surface area contributed by atoms with Crippen LogP contribution in [0.25, 0.3) is 14.9 Å². The number of Topliss-reactive ketones (excluding diaryl/α,β-unsaturated/α-hetero) is 2. The first-order valence-electron chi connectivity index (χ1n) is 13.5. The molecular weight excluding hydrogens is 671 g/mol. The summed E-state index contributed by atoms with van der Waals surface area (Å²) >= 11 is 0.666. The van der Waals surface area contributed by atoms with Crippen molar-refractivity contribution < 1.29 is 22.8 Å². The molecule has 0 fully saturated rings. The van der Waals surface area contributed by atoms with Crippen molar-refractivity contribution >= 4 is 74.6 Å². The number of anilines is 3. The SMILES string of the molecule is CC1(C)c2ccccc2N2c3sc(/C=C4/C(=O)c5cc6cc[te]c6cc5C4=O)cc3C(C)(C(F)(F)F)c3cccc1c32. The first-order chi connectivity index (χ1) is 19.9. The van der Waals surface area contributed by atoms with Gasteiger partial charge in [-0.15, -0.1) is 0 Å². The Kier molecular flexibility index (Phi) is 5.21. The molecule has 208 valence electrons. The van der Waals surface area contributed by atoms with Gasteiger partial charge >= 0.3 is 205 Å². The van der Waals surface area contributed by atoms with Crippen LogP contribution in [-0.4, -0.2) is 38.2 Å². The molecule has 0 radical (unpaired) electrons. The molecule has 1 unspecified atom stereocenters. The van der Waals surface area contributed by atoms with Crippen molar-refractivity contribution in [2.24, 2.45) is 0 Å². The van der Waals surface area contributed by atoms with Gasteiger partial charge in [0.25, 0.3) is 0 Å². The van der Waals surface area contributed by atoms with E-state index in [1.54, 1.807) is 18.2 Å². The molecule has 4 heterocycles. The minimum absolute atomic E-state index is 0.00365. The van der Waals surface area contributed by atoms with Gasteiger partial charge < -0.3 is 0 Å². The van der Waals surface area contributed by atoms with Gasteiger partial charge in [0.05, 0.1) is 0 Å². The normalized spacial score (nSPS) is 21.0. The monoisotopic (exact) mass is 695 g/mol. The van der Waals surface area contributed by atoms with Crippen molar-refractivity contribution in [2.45, 2.75) is 37.8 Å². The fraction of sp³-hybridized carbons (Fsp3) is 0.176. The fourth-order valence-corrected chi connectivity index (χ4v) is 10.4. The average Bonchev–Trinajstić information content (AvgIpc) is 3.65. The van der Waals surface area contributed by atoms with Gasteiger partial charge in [-0.1, -0.05) is 44.2 Å². The molecule has 0 saturated heterocycles. The summed E-state index contributed by atoms with van der Waals surface area (Å²) in [7, 11) is 0. The predicted molar refractivity (Wildman–Crippen MR) is 161 cm³/mol. The summed E-state index contributed by atoms with van der Waals surface area (Å²) in [5, 5.41) is 1.43. The van der Waals surface area contributed by atoms with E-state index in [0.717, 1.165) is 25.6 Å². The molecule has 3 nitrogen and oxygen atoms in total. The van der Waals surface area contributed by atoms with Crippen LogP contribution < -0.4 is 4.90 Å². The zero-order chi connectivity index (χ0) is 29.3. The van der Waals surface area contributed by atoms with Crippen LogP contribution in [-0.2, 0) is 10.8 Å². The quantitative estimate of drug-likeness (QED) is 0.100. The first-order valence-corrected chi connectivity index (χ1v) is 16.8. The van der Waals surface area contributed by atoms with Crippen LogP contribution in [0.15, 0.2) is 76.4 Å². The molecule has 3 aromatic carbocycles. The van der Waals surface area contributed by atoms with E-state index in [9.17, 15) is 9.59 Å². The van der Waals surface area contributed by atoms with Crippen LogP contribution in [0.2, 0.25) is 0 Å². The summed E-state index contributed by atoms with van der Waals surface area (Å²) in [5.41, 5.74) is 1.52. The molecule has 2 aliphatic heterocycles. The van der Waals surface area contributed by atoms with Crippen molar-refractivity contribution in [3.8, 4) is 0 Å². The van der Waals surface area contributed by atoms with Gasteiger partial charge in [-0.25, -0.2) is 0 Å². The molecule has 0 N–H and O–H groups in total. The van der Waals surface area contributed by atoms with Crippen molar-refractivity contribution in [1.82, 2.24) is 0 Å². The molecule has 8 rings (SSSR count). The van der Waals surface area contributed by atoms with Gasteiger partial charge in [-0.05, 0) is 0 Å². The summed E-state index contributed by atoms with van der Waals surface area (Å²) in [5.74, 6) is -0.739. The predicted octanol–water partition coefficient (Wildman–Crippen LogP) is 8.71. The standard InChI is InChI=1S/C34H22F3NO2STe/c1-32(2)22-7-4-5-10-26(22)38-28-23(32)8-6-9-24(28)33(3,34(35,36)37)25-15-18(41-31(25)38)14-21-29(39)19-13-17-11-12-42-27(17)16-20(19)30(21)40/h4-16H,1-3H3/b21-14-. The van der Waals surface area contributed by atoms with Gasteiger partial charge in [0.15, 0.2) is 0 Å². The second kappa shape index (κ2) is 8.35. The van der Waals surface area contributed by atoms with E-state index in [1.807, 2.05) is 61.2 Å². The molecule has 0 saturated carbocycles. The van der Waals surface area contributed by atoms with Crippen molar-refractivity contribution in [3.63, 3.8) is 0 Å². The number of carbonyl (C=O) groups is 2. The van der Waals surface area contributed by atoms with Crippen LogP contribution in [0.1, 0.15) is 68.6 Å². The number of halogens is 3. The summed E-state index contributed by atoms with van der Waals surface area (Å²) in [4.78, 5) is 29.3. The third-order valence-corrected chi connectivity index (χ3v) is 12.8. The van der Waals surface area contributed by atoms with Crippen LogP contribution in [0.3, 0.4) is 0 Å². The van der Waals surface area contributed by atoms with Gasteiger partial charge in [-0.2, -0.15) is 0 Å². The maximum absolute atomic E-state index is 15.2. The number of rotatable bonds is 1. The zero-order valence-electron chi connectivity index (χ0n) is 22.7. The van der Waals surface area contributed by atoms with Crippen LogP contribution in [0.5, 0.6) is 0 Å². The molecule has 1 aliphatic carbocycles. The number of nitrogens with zero attached hydrogens (tertiary/aromatic N) is 1. The minimum atomic E-state index is -4.59. The molecule has 1 atom stereocenters. The maximum atomic E-state index is 15.2. The van der Waals surface area contributed by atoms with Crippen molar-refractivity contribution in [2.75, 3.05) is 4.90 Å². The number of para-hydroxylation sites is 2. The summed E-state index contributed by atoms with van der Waals surface area (Å²) in [6.45, 7) is 5.34. The Balaban J connectivity index is 1.37. The number of thiophene rings is 1. The van der Waals surface area contributed by atoms with E-state index in [4.69, 9.17) is 0 Å². The van der Waals surface area contributed by atoms with Gasteiger partial charge in [0.2, 0.25) is 0 Å². The molecule has 42 heavy (non-hydrogen) atoms. The molecule has 5 aromatic rings. The number of hydrogen-bond acceptors (Lipinski definition) is 4. The Bertz CT molecular complexity index is 2030. The van der Waals surface area contributed by atoms with Crippen LogP contribution >= 0.6 is 11.3 Å². The average molecular weight is 693 g/mol. The third-order valence-electron chi connectivity index (χ3n) is 9.19. The van der Waals surface area contributed by atoms with Crippen LogP contribution in [0.4, 0.5) is 29.5 Å². The Morgan fingerprint density at radius 2 is 1.52 bits per heavy atom. The van der Waals surface area contributed by atoms with Gasteiger partial charge in [0, 0.05) is 5.41 Å². The molecule has 0 amide bonds. The van der Waals surface area contributed by atoms with Crippen LogP contribution in [0, 0.1) is 0 Å². The Labute approximate surface area is 253 Å². The Morgan fingerprint density at radius 3 is 2.29 bits per heavy atom. The topological polar surface area (TPSA) is 37.4 Å². The number of hydrogen-bond donors (Lipinski definition) is 0. The Morgan fingerprint density at radius 1 is 0.833 bits per heavy atom. The molecule has 3 aliphatic rings. The number of ketones is 2. The number of alkyl halides is 3. The summed E-state index contributed by atoms with van der Waals surface area (Å²) in [6.07, 6.45) is -3.10. The van der Waals surface area contributed by atoms with Gasteiger partial charge in [0.1, 0.15) is 0 Å². The van der Waals surface area contributed by atoms with E-state index < -0.39 is 37.4 Å². The molecule has 8 heteroatoms. The number of carbonyl (C=O) groups excluding carboxylic acids is 2. The summed E-state index contributed by atoms with van der Waals surface area (Å²) in [6, 6.07) is 20.2.